The highest BCUT2D eigenvalue weighted by Crippen LogP contribution is 2.27. The molecular weight excluding hydrogens is 435 g/mol. The summed E-state index contributed by atoms with van der Waals surface area (Å²) in [4.78, 5) is 14.0. The molecule has 4 rings (SSSR count). The number of ether oxygens (including phenoxy) is 1. The van der Waals surface area contributed by atoms with E-state index in [-0.39, 0.29) is 12.5 Å². The number of amides is 1. The van der Waals surface area contributed by atoms with Crippen LogP contribution >= 0.6 is 23.2 Å². The average Bonchev–Trinajstić information content (AvgIpc) is 3.16. The number of halogens is 2. The molecule has 0 aliphatic heterocycles. The number of carbonyl (C=O) groups is 1. The molecular formula is C23H20Cl2N4O2. The number of aryl methyl sites for hydroxylation is 2. The van der Waals surface area contributed by atoms with E-state index >= 15 is 0 Å². The minimum Gasteiger partial charge on any atom is -0.482 e. The smallest absolute Gasteiger partial charge is 0.262 e. The van der Waals surface area contributed by atoms with Crippen molar-refractivity contribution in [1.29, 1.82) is 0 Å². The fourth-order valence-corrected chi connectivity index (χ4v) is 3.57. The standard InChI is InChI=1S/C23H20Cl2N4O2/c1-3-15-4-7-17(8-5-15)29-27-20-10-14(2)19(12-21(20)28-29)26-23(30)13-31-22-9-6-16(24)11-18(22)25/h4-12H,3,13H2,1-2H3,(H,26,30). The SMILES string of the molecule is CCc1ccc(-n2nc3cc(C)c(NC(=O)COc4ccc(Cl)cc4Cl)cc3n2)cc1. The van der Waals surface area contributed by atoms with Gasteiger partial charge in [-0.1, -0.05) is 42.3 Å². The summed E-state index contributed by atoms with van der Waals surface area (Å²) >= 11 is 11.9. The zero-order valence-corrected chi connectivity index (χ0v) is 18.5. The van der Waals surface area contributed by atoms with Gasteiger partial charge in [-0.25, -0.2) is 0 Å². The van der Waals surface area contributed by atoms with Gasteiger partial charge in [-0.3, -0.25) is 4.79 Å². The van der Waals surface area contributed by atoms with Crippen LogP contribution in [0.25, 0.3) is 16.7 Å². The Labute approximate surface area is 189 Å². The van der Waals surface area contributed by atoms with E-state index in [1.165, 1.54) is 5.56 Å². The lowest BCUT2D eigenvalue weighted by atomic mass is 10.1. The second-order valence-electron chi connectivity index (χ2n) is 7.08. The van der Waals surface area contributed by atoms with Crippen molar-refractivity contribution in [3.8, 4) is 11.4 Å². The number of hydrogen-bond acceptors (Lipinski definition) is 4. The van der Waals surface area contributed by atoms with Crippen molar-refractivity contribution in [2.45, 2.75) is 20.3 Å². The Kier molecular flexibility index (Phi) is 6.11. The molecule has 31 heavy (non-hydrogen) atoms. The lowest BCUT2D eigenvalue weighted by Crippen LogP contribution is -2.20. The molecule has 0 spiro atoms. The van der Waals surface area contributed by atoms with Gasteiger partial charge in [0.1, 0.15) is 16.8 Å². The first kappa shape index (κ1) is 21.2. The zero-order valence-electron chi connectivity index (χ0n) is 17.0. The maximum Gasteiger partial charge on any atom is 0.262 e. The van der Waals surface area contributed by atoms with Crippen molar-refractivity contribution in [1.82, 2.24) is 15.0 Å². The number of carbonyl (C=O) groups excluding carboxylic acids is 1. The zero-order chi connectivity index (χ0) is 22.0. The van der Waals surface area contributed by atoms with E-state index in [0.717, 1.165) is 23.2 Å². The normalized spacial score (nSPS) is 11.0. The predicted molar refractivity (Wildman–Crippen MR) is 124 cm³/mol. The van der Waals surface area contributed by atoms with Crippen LogP contribution in [0.3, 0.4) is 0 Å². The third-order valence-electron chi connectivity index (χ3n) is 4.83. The van der Waals surface area contributed by atoms with Crippen LogP contribution in [0.1, 0.15) is 18.1 Å². The summed E-state index contributed by atoms with van der Waals surface area (Å²) in [7, 11) is 0. The van der Waals surface area contributed by atoms with Crippen molar-refractivity contribution in [3.05, 3.63) is 75.8 Å². The van der Waals surface area contributed by atoms with Gasteiger partial charge in [0, 0.05) is 10.7 Å². The van der Waals surface area contributed by atoms with Gasteiger partial charge in [0.05, 0.1) is 10.7 Å². The first-order valence-electron chi connectivity index (χ1n) is 9.77. The molecule has 6 nitrogen and oxygen atoms in total. The molecule has 158 valence electrons. The van der Waals surface area contributed by atoms with E-state index in [1.807, 2.05) is 31.2 Å². The summed E-state index contributed by atoms with van der Waals surface area (Å²) in [6, 6.07) is 16.7. The number of fused-ring (bicyclic) bond motifs is 1. The molecule has 0 unspecified atom stereocenters. The largest absolute Gasteiger partial charge is 0.482 e. The van der Waals surface area contributed by atoms with Crippen molar-refractivity contribution in [2.75, 3.05) is 11.9 Å². The number of nitrogens with zero attached hydrogens (tertiary/aromatic N) is 3. The molecule has 0 bridgehead atoms. The molecule has 0 atom stereocenters. The fraction of sp³-hybridized carbons (Fsp3) is 0.174. The van der Waals surface area contributed by atoms with Crippen LogP contribution in [0.5, 0.6) is 5.75 Å². The highest BCUT2D eigenvalue weighted by molar-refractivity contribution is 6.35. The topological polar surface area (TPSA) is 69.0 Å². The summed E-state index contributed by atoms with van der Waals surface area (Å²) in [5, 5.41) is 12.8. The first-order chi connectivity index (χ1) is 14.9. The van der Waals surface area contributed by atoms with E-state index in [1.54, 1.807) is 23.0 Å². The maximum absolute atomic E-state index is 12.4. The van der Waals surface area contributed by atoms with Gasteiger partial charge in [0.25, 0.3) is 5.91 Å². The number of anilines is 1. The summed E-state index contributed by atoms with van der Waals surface area (Å²) in [6.07, 6.45) is 0.977. The van der Waals surface area contributed by atoms with Gasteiger partial charge in [0.2, 0.25) is 0 Å². The minimum atomic E-state index is -0.309. The van der Waals surface area contributed by atoms with Crippen LogP contribution in [0.4, 0.5) is 5.69 Å². The molecule has 0 aliphatic rings. The third-order valence-corrected chi connectivity index (χ3v) is 5.36. The molecule has 0 fully saturated rings. The molecule has 0 aliphatic carbocycles. The number of aromatic nitrogens is 3. The monoisotopic (exact) mass is 454 g/mol. The number of hydrogen-bond donors (Lipinski definition) is 1. The maximum atomic E-state index is 12.4. The van der Waals surface area contributed by atoms with Crippen LogP contribution < -0.4 is 10.1 Å². The molecule has 0 radical (unpaired) electrons. The molecule has 4 aromatic rings. The lowest BCUT2D eigenvalue weighted by molar-refractivity contribution is -0.118. The van der Waals surface area contributed by atoms with Gasteiger partial charge in [-0.2, -0.15) is 4.80 Å². The van der Waals surface area contributed by atoms with Crippen LogP contribution in [0, 0.1) is 6.92 Å². The summed E-state index contributed by atoms with van der Waals surface area (Å²) in [6.45, 7) is 3.83. The Hall–Kier alpha value is -3.09. The number of nitrogens with one attached hydrogen (secondary N) is 1. The van der Waals surface area contributed by atoms with E-state index in [4.69, 9.17) is 27.9 Å². The van der Waals surface area contributed by atoms with Gasteiger partial charge < -0.3 is 10.1 Å². The number of benzene rings is 3. The molecule has 1 heterocycles. The Balaban J connectivity index is 1.49. The summed E-state index contributed by atoms with van der Waals surface area (Å²) < 4.78 is 5.50. The molecule has 0 saturated carbocycles. The van der Waals surface area contributed by atoms with Gasteiger partial charge in [-0.05, 0) is 66.9 Å². The van der Waals surface area contributed by atoms with Crippen LogP contribution in [0.2, 0.25) is 10.0 Å². The predicted octanol–water partition coefficient (Wildman–Crippen LogP) is 5.62. The second-order valence-corrected chi connectivity index (χ2v) is 7.92. The lowest BCUT2D eigenvalue weighted by Gasteiger charge is -2.10. The first-order valence-corrected chi connectivity index (χ1v) is 10.5. The highest BCUT2D eigenvalue weighted by atomic mass is 35.5. The van der Waals surface area contributed by atoms with Crippen LogP contribution in [0.15, 0.2) is 54.6 Å². The van der Waals surface area contributed by atoms with Crippen molar-refractivity contribution in [3.63, 3.8) is 0 Å². The fourth-order valence-electron chi connectivity index (χ4n) is 3.10. The van der Waals surface area contributed by atoms with E-state index in [2.05, 4.69) is 34.6 Å². The Morgan fingerprint density at radius 1 is 1.03 bits per heavy atom. The summed E-state index contributed by atoms with van der Waals surface area (Å²) in [5.41, 5.74) is 5.09. The van der Waals surface area contributed by atoms with Gasteiger partial charge >= 0.3 is 0 Å². The van der Waals surface area contributed by atoms with Gasteiger partial charge in [0.15, 0.2) is 6.61 Å². The third kappa shape index (κ3) is 4.81. The average molecular weight is 455 g/mol. The van der Waals surface area contributed by atoms with Crippen LogP contribution in [-0.4, -0.2) is 27.5 Å². The molecule has 0 saturated heterocycles. The molecule has 1 N–H and O–H groups in total. The minimum absolute atomic E-state index is 0.185. The molecule has 3 aromatic carbocycles. The van der Waals surface area contributed by atoms with Crippen LogP contribution in [-0.2, 0) is 11.2 Å². The van der Waals surface area contributed by atoms with Gasteiger partial charge in [-0.15, -0.1) is 10.2 Å². The van der Waals surface area contributed by atoms with E-state index < -0.39 is 0 Å². The molecule has 1 amide bonds. The second kappa shape index (κ2) is 8.96. The van der Waals surface area contributed by atoms with E-state index in [0.29, 0.717) is 27.0 Å². The Morgan fingerprint density at radius 3 is 2.42 bits per heavy atom. The number of rotatable bonds is 6. The van der Waals surface area contributed by atoms with Crippen molar-refractivity contribution in [2.24, 2.45) is 0 Å². The molecule has 8 heteroatoms. The highest BCUT2D eigenvalue weighted by Gasteiger charge is 2.12. The van der Waals surface area contributed by atoms with E-state index in [9.17, 15) is 4.79 Å². The van der Waals surface area contributed by atoms with Crippen molar-refractivity contribution >= 4 is 45.8 Å². The summed E-state index contributed by atoms with van der Waals surface area (Å²) in [5.74, 6) is 0.0847. The van der Waals surface area contributed by atoms with Crippen molar-refractivity contribution < 1.29 is 9.53 Å². The molecule has 1 aromatic heterocycles. The Morgan fingerprint density at radius 2 is 1.74 bits per heavy atom. The quantitative estimate of drug-likeness (QED) is 0.410. The Bertz CT molecular complexity index is 1250.